The quantitative estimate of drug-likeness (QED) is 0.646. The first kappa shape index (κ1) is 26.1. The van der Waals surface area contributed by atoms with Crippen molar-refractivity contribution in [1.29, 1.82) is 5.26 Å². The molecule has 2 saturated heterocycles. The largest absolute Gasteiger partial charge is 0.444 e. The molecule has 1 aromatic heterocycles. The smallest absolute Gasteiger partial charge is 0.410 e. The Hall–Kier alpha value is -3.49. The Morgan fingerprint density at radius 2 is 1.97 bits per heavy atom. The lowest BCUT2D eigenvalue weighted by Gasteiger charge is -2.34. The summed E-state index contributed by atoms with van der Waals surface area (Å²) in [4.78, 5) is 43.9. The van der Waals surface area contributed by atoms with Gasteiger partial charge in [-0.2, -0.15) is 5.26 Å². The zero-order chi connectivity index (χ0) is 25.8. The molecule has 3 rings (SSSR count). The van der Waals surface area contributed by atoms with Crippen molar-refractivity contribution in [3.05, 3.63) is 24.0 Å². The molecule has 35 heavy (non-hydrogen) atoms. The number of piperidine rings is 1. The number of carbonyl (C=O) groups excluding carboxylic acids is 3. The molecule has 0 bridgehead atoms. The third kappa shape index (κ3) is 7.00. The number of rotatable bonds is 5. The van der Waals surface area contributed by atoms with E-state index < -0.39 is 48.9 Å². The number of pyridine rings is 1. The van der Waals surface area contributed by atoms with Gasteiger partial charge in [0.25, 0.3) is 11.8 Å². The molecule has 2 aliphatic heterocycles. The summed E-state index contributed by atoms with van der Waals surface area (Å²) >= 11 is 0. The predicted octanol–water partition coefficient (Wildman–Crippen LogP) is 2.38. The van der Waals surface area contributed by atoms with Crippen LogP contribution in [0, 0.1) is 11.3 Å². The molecule has 3 heterocycles. The first-order valence-electron chi connectivity index (χ1n) is 11.4. The minimum Gasteiger partial charge on any atom is -0.444 e. The summed E-state index contributed by atoms with van der Waals surface area (Å²) in [6, 6.07) is 1.95. The fourth-order valence-electron chi connectivity index (χ4n) is 4.01. The number of hydrogen-bond acceptors (Lipinski definition) is 7. The lowest BCUT2D eigenvalue weighted by atomic mass is 10.0. The van der Waals surface area contributed by atoms with Crippen LogP contribution in [0.15, 0.2) is 18.5 Å². The number of nitriles is 1. The van der Waals surface area contributed by atoms with Gasteiger partial charge in [-0.3, -0.25) is 14.6 Å². The number of hydrogen-bond donors (Lipinski definition) is 2. The van der Waals surface area contributed by atoms with Crippen LogP contribution in [0.1, 0.15) is 50.4 Å². The molecule has 0 aromatic carbocycles. The molecule has 2 N–H and O–H groups in total. The van der Waals surface area contributed by atoms with Crippen molar-refractivity contribution in [1.82, 2.24) is 20.1 Å². The van der Waals surface area contributed by atoms with E-state index >= 15 is 0 Å². The molecule has 0 saturated carbocycles. The Kier molecular flexibility index (Phi) is 7.77. The van der Waals surface area contributed by atoms with E-state index in [9.17, 15) is 23.2 Å². The van der Waals surface area contributed by atoms with E-state index in [1.165, 1.54) is 18.5 Å². The molecule has 0 unspecified atom stereocenters. The number of amides is 3. The van der Waals surface area contributed by atoms with E-state index in [-0.39, 0.29) is 17.7 Å². The molecule has 3 amide bonds. The lowest BCUT2D eigenvalue weighted by molar-refractivity contribution is -0.131. The maximum absolute atomic E-state index is 13.6. The maximum atomic E-state index is 13.6. The highest BCUT2D eigenvalue weighted by atomic mass is 19.3. The first-order chi connectivity index (χ1) is 16.4. The van der Waals surface area contributed by atoms with Gasteiger partial charge in [0.15, 0.2) is 0 Å². The van der Waals surface area contributed by atoms with Crippen molar-refractivity contribution >= 4 is 23.6 Å². The Balaban J connectivity index is 1.55. The number of ether oxygens (including phenoxy) is 1. The lowest BCUT2D eigenvalue weighted by Crippen LogP contribution is -2.45. The standard InChI is InChI=1S/C23H30F2N6O4/c1-22(2,3)35-21(34)30-8-5-15(6-9-30)29-18-12-27-7-4-17(18)20(33)28-13-19(32)31-14-23(24,25)10-16(31)11-26/h4,7,12,15-16,29H,5-6,8-10,13-14H2,1-3H3,(H,28,33)/t16-/m0/s1. The van der Waals surface area contributed by atoms with Gasteiger partial charge in [-0.1, -0.05) is 0 Å². The van der Waals surface area contributed by atoms with Gasteiger partial charge in [-0.25, -0.2) is 13.6 Å². The zero-order valence-electron chi connectivity index (χ0n) is 20.0. The van der Waals surface area contributed by atoms with Gasteiger partial charge in [-0.15, -0.1) is 0 Å². The Morgan fingerprint density at radius 1 is 1.29 bits per heavy atom. The number of nitrogens with one attached hydrogen (secondary N) is 2. The zero-order valence-corrected chi connectivity index (χ0v) is 20.0. The third-order valence-corrected chi connectivity index (χ3v) is 5.71. The summed E-state index contributed by atoms with van der Waals surface area (Å²) in [6.07, 6.45) is 3.10. The van der Waals surface area contributed by atoms with Crippen LogP contribution in [0.3, 0.4) is 0 Å². The van der Waals surface area contributed by atoms with Crippen molar-refractivity contribution in [2.45, 2.75) is 63.6 Å². The average Bonchev–Trinajstić information content (AvgIpc) is 3.11. The van der Waals surface area contributed by atoms with E-state index in [2.05, 4.69) is 15.6 Å². The van der Waals surface area contributed by atoms with Crippen molar-refractivity contribution in [3.8, 4) is 6.07 Å². The number of nitrogens with zero attached hydrogens (tertiary/aromatic N) is 4. The molecular weight excluding hydrogens is 462 g/mol. The first-order valence-corrected chi connectivity index (χ1v) is 11.4. The summed E-state index contributed by atoms with van der Waals surface area (Å²) < 4.78 is 32.6. The number of likely N-dealkylation sites (tertiary alicyclic amines) is 2. The monoisotopic (exact) mass is 492 g/mol. The van der Waals surface area contributed by atoms with Crippen LogP contribution in [0.25, 0.3) is 0 Å². The van der Waals surface area contributed by atoms with E-state index in [0.29, 0.717) is 31.6 Å². The molecule has 190 valence electrons. The Morgan fingerprint density at radius 3 is 2.60 bits per heavy atom. The van der Waals surface area contributed by atoms with E-state index in [4.69, 9.17) is 10.00 Å². The summed E-state index contributed by atoms with van der Waals surface area (Å²) in [5.74, 6) is -4.45. The summed E-state index contributed by atoms with van der Waals surface area (Å²) in [7, 11) is 0. The van der Waals surface area contributed by atoms with Crippen LogP contribution in [0.2, 0.25) is 0 Å². The van der Waals surface area contributed by atoms with Crippen LogP contribution in [-0.4, -0.2) is 82.5 Å². The molecule has 2 aliphatic rings. The van der Waals surface area contributed by atoms with Crippen molar-refractivity contribution in [3.63, 3.8) is 0 Å². The fraction of sp³-hybridized carbons (Fsp3) is 0.609. The maximum Gasteiger partial charge on any atom is 0.410 e. The van der Waals surface area contributed by atoms with Crippen LogP contribution < -0.4 is 10.6 Å². The van der Waals surface area contributed by atoms with Gasteiger partial charge in [0.05, 0.1) is 36.6 Å². The number of anilines is 1. The topological polar surface area (TPSA) is 128 Å². The SMILES string of the molecule is CC(C)(C)OC(=O)N1CCC(Nc2cnccc2C(=O)NCC(=O)N2CC(F)(F)C[C@H]2C#N)CC1. The average molecular weight is 493 g/mol. The van der Waals surface area contributed by atoms with Crippen LogP contribution in [0.5, 0.6) is 0 Å². The third-order valence-electron chi connectivity index (χ3n) is 5.71. The molecule has 0 spiro atoms. The molecule has 0 aliphatic carbocycles. The van der Waals surface area contributed by atoms with Crippen molar-refractivity contribution in [2.24, 2.45) is 0 Å². The molecule has 12 heteroatoms. The number of carbonyl (C=O) groups is 3. The second kappa shape index (κ2) is 10.4. The molecule has 1 atom stereocenters. The van der Waals surface area contributed by atoms with Crippen molar-refractivity contribution < 1.29 is 27.9 Å². The Bertz CT molecular complexity index is 998. The summed E-state index contributed by atoms with van der Waals surface area (Å²) in [5, 5.41) is 14.8. The number of halogens is 2. The second-order valence-corrected chi connectivity index (χ2v) is 9.72. The second-order valence-electron chi connectivity index (χ2n) is 9.72. The minimum absolute atomic E-state index is 0.0192. The van der Waals surface area contributed by atoms with E-state index in [1.54, 1.807) is 11.0 Å². The summed E-state index contributed by atoms with van der Waals surface area (Å²) in [6.45, 7) is 5.05. The van der Waals surface area contributed by atoms with E-state index in [0.717, 1.165) is 4.90 Å². The predicted molar refractivity (Wildman–Crippen MR) is 122 cm³/mol. The number of alkyl halides is 2. The Labute approximate surface area is 202 Å². The highest BCUT2D eigenvalue weighted by Crippen LogP contribution is 2.31. The van der Waals surface area contributed by atoms with Gasteiger partial charge >= 0.3 is 6.09 Å². The van der Waals surface area contributed by atoms with E-state index in [1.807, 2.05) is 20.8 Å². The van der Waals surface area contributed by atoms with Gasteiger partial charge in [0.2, 0.25) is 5.91 Å². The van der Waals surface area contributed by atoms with Gasteiger partial charge in [0.1, 0.15) is 11.6 Å². The highest BCUT2D eigenvalue weighted by molar-refractivity contribution is 6.01. The van der Waals surface area contributed by atoms with Gasteiger partial charge < -0.3 is 25.2 Å². The van der Waals surface area contributed by atoms with Crippen LogP contribution in [-0.2, 0) is 9.53 Å². The molecule has 2 fully saturated rings. The normalized spacial score (nSPS) is 20.2. The van der Waals surface area contributed by atoms with Crippen molar-refractivity contribution in [2.75, 3.05) is 31.5 Å². The summed E-state index contributed by atoms with van der Waals surface area (Å²) in [5.41, 5.74) is 0.123. The van der Waals surface area contributed by atoms with Gasteiger partial charge in [0, 0.05) is 31.7 Å². The molecule has 1 aromatic rings. The molecule has 0 radical (unpaired) electrons. The number of aromatic nitrogens is 1. The van der Waals surface area contributed by atoms with Crippen LogP contribution >= 0.6 is 0 Å². The molecular formula is C23H30F2N6O4. The van der Waals surface area contributed by atoms with Gasteiger partial charge in [-0.05, 0) is 39.7 Å². The minimum atomic E-state index is -3.12. The van der Waals surface area contributed by atoms with Crippen LogP contribution in [0.4, 0.5) is 19.3 Å². The highest BCUT2D eigenvalue weighted by Gasteiger charge is 2.47. The molecule has 10 nitrogen and oxygen atoms in total. The fourth-order valence-corrected chi connectivity index (χ4v) is 4.01.